The summed E-state index contributed by atoms with van der Waals surface area (Å²) in [6, 6.07) is 5.91. The Morgan fingerprint density at radius 3 is 2.88 bits per heavy atom. The number of aromatic nitrogens is 1. The molecular weight excluding hydrogens is 439 g/mol. The van der Waals surface area contributed by atoms with Gasteiger partial charge >= 0.3 is 0 Å². The number of aliphatic imine (C=N–C) groups is 1. The number of nitrogens with one attached hydrogen (secondary N) is 2. The molecule has 1 aliphatic rings. The minimum absolute atomic E-state index is 0. The Morgan fingerprint density at radius 2 is 2.12 bits per heavy atom. The zero-order chi connectivity index (χ0) is 16.1. The van der Waals surface area contributed by atoms with Gasteiger partial charge in [0.05, 0.1) is 18.1 Å². The highest BCUT2D eigenvalue weighted by Crippen LogP contribution is 2.32. The number of ether oxygens (including phenoxy) is 2. The van der Waals surface area contributed by atoms with Crippen molar-refractivity contribution < 1.29 is 9.47 Å². The zero-order valence-corrected chi connectivity index (χ0v) is 16.8. The molecule has 0 saturated heterocycles. The molecule has 1 aliphatic heterocycles. The van der Waals surface area contributed by atoms with Gasteiger partial charge < -0.3 is 20.1 Å². The molecule has 3 rings (SSSR count). The molecule has 130 valence electrons. The number of rotatable bonds is 5. The van der Waals surface area contributed by atoms with E-state index in [1.807, 2.05) is 31.3 Å². The van der Waals surface area contributed by atoms with E-state index in [1.54, 1.807) is 11.3 Å². The molecule has 2 heterocycles. The molecule has 24 heavy (non-hydrogen) atoms. The summed E-state index contributed by atoms with van der Waals surface area (Å²) in [4.78, 5) is 10.1. The summed E-state index contributed by atoms with van der Waals surface area (Å²) >= 11 is 1.69. The smallest absolute Gasteiger partial charge is 0.231 e. The van der Waals surface area contributed by atoms with Gasteiger partial charge in [0.2, 0.25) is 6.79 Å². The molecule has 0 spiro atoms. The fourth-order valence-corrected chi connectivity index (χ4v) is 2.94. The number of nitrogens with zero attached hydrogens (tertiary/aromatic N) is 2. The lowest BCUT2D eigenvalue weighted by molar-refractivity contribution is 0.174. The first-order valence-corrected chi connectivity index (χ1v) is 8.38. The number of aryl methyl sites for hydroxylation is 1. The lowest BCUT2D eigenvalue weighted by Gasteiger charge is -2.10. The maximum Gasteiger partial charge on any atom is 0.231 e. The van der Waals surface area contributed by atoms with E-state index in [9.17, 15) is 0 Å². The molecule has 0 saturated carbocycles. The normalized spacial score (nSPS) is 12.7. The van der Waals surface area contributed by atoms with Crippen LogP contribution in [0.3, 0.4) is 0 Å². The third-order valence-corrected chi connectivity index (χ3v) is 4.21. The number of hydrogen-bond donors (Lipinski definition) is 2. The highest BCUT2D eigenvalue weighted by Gasteiger charge is 2.12. The molecule has 2 aromatic rings. The Hall–Kier alpha value is -1.55. The molecule has 0 aliphatic carbocycles. The van der Waals surface area contributed by atoms with Crippen molar-refractivity contribution in [1.29, 1.82) is 0 Å². The Morgan fingerprint density at radius 1 is 1.29 bits per heavy atom. The van der Waals surface area contributed by atoms with Gasteiger partial charge in [-0.15, -0.1) is 35.3 Å². The van der Waals surface area contributed by atoms with Gasteiger partial charge in [-0.25, -0.2) is 9.98 Å². The lowest BCUT2D eigenvalue weighted by Crippen LogP contribution is -2.36. The summed E-state index contributed by atoms with van der Waals surface area (Å²) < 4.78 is 10.7. The van der Waals surface area contributed by atoms with Crippen molar-refractivity contribution in [1.82, 2.24) is 15.6 Å². The van der Waals surface area contributed by atoms with Gasteiger partial charge in [0.25, 0.3) is 0 Å². The highest BCUT2D eigenvalue weighted by atomic mass is 127. The molecule has 1 aromatic heterocycles. The number of guanidine groups is 1. The van der Waals surface area contributed by atoms with Crippen LogP contribution < -0.4 is 20.1 Å². The predicted octanol–water partition coefficient (Wildman–Crippen LogP) is 3.05. The van der Waals surface area contributed by atoms with Crippen LogP contribution in [0.15, 0.2) is 29.4 Å². The van der Waals surface area contributed by atoms with Crippen LogP contribution in [0.5, 0.6) is 11.5 Å². The van der Waals surface area contributed by atoms with Gasteiger partial charge in [0.1, 0.15) is 0 Å². The first kappa shape index (κ1) is 18.8. The van der Waals surface area contributed by atoms with Crippen molar-refractivity contribution in [3.05, 3.63) is 39.8 Å². The molecule has 0 amide bonds. The van der Waals surface area contributed by atoms with Gasteiger partial charge in [0.15, 0.2) is 17.5 Å². The second-order valence-corrected chi connectivity index (χ2v) is 6.40. The third-order valence-electron chi connectivity index (χ3n) is 3.30. The summed E-state index contributed by atoms with van der Waals surface area (Å²) in [6.45, 7) is 6.46. The standard InChI is InChI=1S/C16H20N4O2S.HI/c1-3-17-16(20-9-13-8-18-11(2)23-13)19-7-12-4-5-14-15(6-12)22-10-21-14;/h4-6,8H,3,7,9-10H2,1-2H3,(H2,17,19,20);1H. The summed E-state index contributed by atoms with van der Waals surface area (Å²) in [5, 5.41) is 7.65. The van der Waals surface area contributed by atoms with Crippen LogP contribution in [0.2, 0.25) is 0 Å². The fourth-order valence-electron chi connectivity index (χ4n) is 2.21. The minimum atomic E-state index is 0. The largest absolute Gasteiger partial charge is 0.454 e. The quantitative estimate of drug-likeness (QED) is 0.408. The van der Waals surface area contributed by atoms with E-state index in [2.05, 4.69) is 27.5 Å². The van der Waals surface area contributed by atoms with Crippen LogP contribution >= 0.6 is 35.3 Å². The Kier molecular flexibility index (Phi) is 7.10. The molecule has 1 aromatic carbocycles. The molecule has 0 unspecified atom stereocenters. The second-order valence-electron chi connectivity index (χ2n) is 5.08. The van der Waals surface area contributed by atoms with Crippen molar-refractivity contribution in [3.63, 3.8) is 0 Å². The van der Waals surface area contributed by atoms with Crippen molar-refractivity contribution in [2.24, 2.45) is 4.99 Å². The summed E-state index contributed by atoms with van der Waals surface area (Å²) in [6.07, 6.45) is 1.90. The second kappa shape index (κ2) is 9.07. The van der Waals surface area contributed by atoms with Crippen LogP contribution in [-0.4, -0.2) is 24.3 Å². The average molecular weight is 460 g/mol. The Bertz CT molecular complexity index is 705. The van der Waals surface area contributed by atoms with Crippen LogP contribution in [0.4, 0.5) is 0 Å². The van der Waals surface area contributed by atoms with E-state index >= 15 is 0 Å². The zero-order valence-electron chi connectivity index (χ0n) is 13.7. The first-order valence-electron chi connectivity index (χ1n) is 7.56. The van der Waals surface area contributed by atoms with E-state index < -0.39 is 0 Å². The summed E-state index contributed by atoms with van der Waals surface area (Å²) in [7, 11) is 0. The molecule has 0 fully saturated rings. The van der Waals surface area contributed by atoms with Crippen molar-refractivity contribution in [2.45, 2.75) is 26.9 Å². The molecule has 6 nitrogen and oxygen atoms in total. The molecular formula is C16H21IN4O2S. The third kappa shape index (κ3) is 4.97. The first-order chi connectivity index (χ1) is 11.2. The average Bonchev–Trinajstić information content (AvgIpc) is 3.18. The van der Waals surface area contributed by atoms with E-state index in [0.29, 0.717) is 13.3 Å². The van der Waals surface area contributed by atoms with Crippen LogP contribution in [0.1, 0.15) is 22.4 Å². The molecule has 8 heteroatoms. The van der Waals surface area contributed by atoms with E-state index in [0.717, 1.165) is 41.1 Å². The molecule has 0 radical (unpaired) electrons. The monoisotopic (exact) mass is 460 g/mol. The van der Waals surface area contributed by atoms with Gasteiger partial charge in [-0.2, -0.15) is 0 Å². The predicted molar refractivity (Wildman–Crippen MR) is 106 cm³/mol. The van der Waals surface area contributed by atoms with Gasteiger partial charge in [-0.05, 0) is 31.5 Å². The van der Waals surface area contributed by atoms with Crippen LogP contribution in [0.25, 0.3) is 0 Å². The fraction of sp³-hybridized carbons (Fsp3) is 0.375. The van der Waals surface area contributed by atoms with Crippen molar-refractivity contribution >= 4 is 41.3 Å². The van der Waals surface area contributed by atoms with Gasteiger partial charge in [0, 0.05) is 17.6 Å². The number of benzene rings is 1. The number of thiazole rings is 1. The number of halogens is 1. The van der Waals surface area contributed by atoms with Crippen molar-refractivity contribution in [2.75, 3.05) is 13.3 Å². The topological polar surface area (TPSA) is 67.8 Å². The maximum absolute atomic E-state index is 5.39. The minimum Gasteiger partial charge on any atom is -0.454 e. The number of hydrogen-bond acceptors (Lipinski definition) is 5. The number of fused-ring (bicyclic) bond motifs is 1. The van der Waals surface area contributed by atoms with Gasteiger partial charge in [-0.1, -0.05) is 6.07 Å². The highest BCUT2D eigenvalue weighted by molar-refractivity contribution is 14.0. The van der Waals surface area contributed by atoms with Gasteiger partial charge in [-0.3, -0.25) is 0 Å². The Balaban J connectivity index is 0.00000208. The lowest BCUT2D eigenvalue weighted by atomic mass is 10.2. The Labute approximate surface area is 162 Å². The van der Waals surface area contributed by atoms with Crippen LogP contribution in [-0.2, 0) is 13.1 Å². The SMILES string of the molecule is CCNC(=NCc1ccc2c(c1)OCO2)NCc1cnc(C)s1.I. The maximum atomic E-state index is 5.39. The van der Waals surface area contributed by atoms with E-state index in [-0.39, 0.29) is 24.0 Å². The van der Waals surface area contributed by atoms with Crippen LogP contribution in [0, 0.1) is 6.92 Å². The summed E-state index contributed by atoms with van der Waals surface area (Å²) in [5.74, 6) is 2.37. The molecule has 2 N–H and O–H groups in total. The van der Waals surface area contributed by atoms with Crippen molar-refractivity contribution in [3.8, 4) is 11.5 Å². The van der Waals surface area contributed by atoms with E-state index in [1.165, 1.54) is 4.88 Å². The molecule has 0 bridgehead atoms. The summed E-state index contributed by atoms with van der Waals surface area (Å²) in [5.41, 5.74) is 1.08. The molecule has 0 atom stereocenters. The van der Waals surface area contributed by atoms with E-state index in [4.69, 9.17) is 9.47 Å².